The maximum atomic E-state index is 9.48. The van der Waals surface area contributed by atoms with Crippen molar-refractivity contribution in [1.29, 1.82) is 5.26 Å². The zero-order valence-corrected chi connectivity index (χ0v) is 8.79. The minimum Gasteiger partial charge on any atom is -0.331 e. The lowest BCUT2D eigenvalue weighted by Gasteiger charge is -2.30. The summed E-state index contributed by atoms with van der Waals surface area (Å²) in [4.78, 5) is 1.64. The molecule has 0 spiro atoms. The Hall–Kier alpha value is -1.33. The van der Waals surface area contributed by atoms with Gasteiger partial charge in [0.15, 0.2) is 0 Å². The van der Waals surface area contributed by atoms with Crippen molar-refractivity contribution >= 4 is 0 Å². The second-order valence-corrected chi connectivity index (χ2v) is 4.78. The quantitative estimate of drug-likeness (QED) is 0.652. The summed E-state index contributed by atoms with van der Waals surface area (Å²) >= 11 is 0. The van der Waals surface area contributed by atoms with Crippen LogP contribution in [0.15, 0.2) is 24.3 Å². The van der Waals surface area contributed by atoms with E-state index in [-0.39, 0.29) is 5.41 Å². The fourth-order valence-corrected chi connectivity index (χ4v) is 3.06. The van der Waals surface area contributed by atoms with Gasteiger partial charge < -0.3 is 4.90 Å². The highest BCUT2D eigenvalue weighted by atomic mass is 15.1. The van der Waals surface area contributed by atoms with E-state index in [1.54, 1.807) is 4.90 Å². The van der Waals surface area contributed by atoms with Crippen LogP contribution in [0.25, 0.3) is 0 Å². The highest BCUT2D eigenvalue weighted by molar-refractivity contribution is 5.40. The van der Waals surface area contributed by atoms with Crippen LogP contribution in [-0.4, -0.2) is 13.1 Å². The number of quaternary nitrogens is 1. The summed E-state index contributed by atoms with van der Waals surface area (Å²) in [6.45, 7) is 3.42. The molecule has 2 bridgehead atoms. The van der Waals surface area contributed by atoms with Gasteiger partial charge in [0, 0.05) is 18.4 Å². The minimum atomic E-state index is -0.170. The maximum Gasteiger partial charge on any atom is 0.103 e. The molecule has 1 fully saturated rings. The van der Waals surface area contributed by atoms with Crippen molar-refractivity contribution in [3.8, 4) is 6.07 Å². The molecule has 2 nitrogen and oxygen atoms in total. The van der Waals surface area contributed by atoms with Crippen LogP contribution in [0.4, 0.5) is 0 Å². The maximum absolute atomic E-state index is 9.48. The Labute approximate surface area is 90.1 Å². The van der Waals surface area contributed by atoms with Gasteiger partial charge in [-0.1, -0.05) is 24.3 Å². The van der Waals surface area contributed by atoms with Gasteiger partial charge in [0.25, 0.3) is 0 Å². The first-order valence-corrected chi connectivity index (χ1v) is 5.67. The molecule has 4 rings (SSSR count). The highest BCUT2D eigenvalue weighted by Gasteiger charge is 2.43. The Morgan fingerprint density at radius 3 is 2.67 bits per heavy atom. The topological polar surface area (TPSA) is 28.2 Å². The van der Waals surface area contributed by atoms with Gasteiger partial charge in [0.2, 0.25) is 0 Å². The molecule has 0 radical (unpaired) electrons. The Bertz CT molecular complexity index is 422. The summed E-state index contributed by atoms with van der Waals surface area (Å²) in [7, 11) is 0. The molecule has 1 N–H and O–H groups in total. The zero-order chi connectivity index (χ0) is 10.3. The first-order chi connectivity index (χ1) is 7.34. The van der Waals surface area contributed by atoms with Crippen molar-refractivity contribution in [1.82, 2.24) is 0 Å². The lowest BCUT2D eigenvalue weighted by molar-refractivity contribution is -0.918. The third-order valence-electron chi connectivity index (χ3n) is 4.00. The molecular formula is C13H15N2+. The number of hydrogen-bond acceptors (Lipinski definition) is 1. The van der Waals surface area contributed by atoms with Gasteiger partial charge in [-0.25, -0.2) is 0 Å². The molecule has 3 heterocycles. The molecule has 0 unspecified atom stereocenters. The third-order valence-corrected chi connectivity index (χ3v) is 4.00. The highest BCUT2D eigenvalue weighted by Crippen LogP contribution is 2.35. The summed E-state index contributed by atoms with van der Waals surface area (Å²) in [6, 6.07) is 11.1. The van der Waals surface area contributed by atoms with Gasteiger partial charge in [0.1, 0.15) is 6.54 Å². The predicted molar refractivity (Wildman–Crippen MR) is 57.4 cm³/mol. The Balaban J connectivity index is 2.21. The Kier molecular flexibility index (Phi) is 1.83. The van der Waals surface area contributed by atoms with Crippen molar-refractivity contribution in [3.05, 3.63) is 35.4 Å². The first kappa shape index (κ1) is 8.94. The van der Waals surface area contributed by atoms with Crippen LogP contribution in [0.1, 0.15) is 24.0 Å². The smallest absolute Gasteiger partial charge is 0.103 e. The molecule has 1 aromatic carbocycles. The van der Waals surface area contributed by atoms with Crippen LogP contribution in [0.5, 0.6) is 0 Å². The van der Waals surface area contributed by atoms with Crippen molar-refractivity contribution in [2.75, 3.05) is 13.1 Å². The molecule has 1 aromatic rings. The van der Waals surface area contributed by atoms with Crippen LogP contribution in [0.3, 0.4) is 0 Å². The van der Waals surface area contributed by atoms with E-state index >= 15 is 0 Å². The fourth-order valence-electron chi connectivity index (χ4n) is 3.06. The zero-order valence-electron chi connectivity index (χ0n) is 8.79. The number of nitrogens with one attached hydrogen (secondary N) is 1. The first-order valence-electron chi connectivity index (χ1n) is 5.67. The van der Waals surface area contributed by atoms with Crippen LogP contribution >= 0.6 is 0 Å². The largest absolute Gasteiger partial charge is 0.331 e. The van der Waals surface area contributed by atoms with E-state index in [0.29, 0.717) is 0 Å². The molecule has 0 amide bonds. The summed E-state index contributed by atoms with van der Waals surface area (Å²) in [5.74, 6) is 0. The number of benzene rings is 1. The van der Waals surface area contributed by atoms with E-state index in [9.17, 15) is 5.26 Å². The number of piperidine rings is 1. The molecule has 76 valence electrons. The molecule has 0 saturated carbocycles. The van der Waals surface area contributed by atoms with E-state index in [1.165, 1.54) is 11.1 Å². The molecule has 0 aliphatic carbocycles. The fraction of sp³-hybridized carbons (Fsp3) is 0.462. The van der Waals surface area contributed by atoms with Crippen LogP contribution in [-0.2, 0) is 12.0 Å². The SMILES string of the molecule is N#CC12CC[NH+](CC1)Cc1ccccc12. The van der Waals surface area contributed by atoms with Crippen LogP contribution < -0.4 is 4.90 Å². The Morgan fingerprint density at radius 2 is 1.93 bits per heavy atom. The molecular weight excluding hydrogens is 184 g/mol. The van der Waals surface area contributed by atoms with E-state index in [1.807, 2.05) is 0 Å². The van der Waals surface area contributed by atoms with E-state index < -0.39 is 0 Å². The normalized spacial score (nSPS) is 32.9. The number of hydrogen-bond donors (Lipinski definition) is 1. The number of nitrogens with zero attached hydrogens (tertiary/aromatic N) is 1. The second-order valence-electron chi connectivity index (χ2n) is 4.78. The average molecular weight is 199 g/mol. The molecule has 0 aromatic heterocycles. The van der Waals surface area contributed by atoms with Crippen molar-refractivity contribution in [3.63, 3.8) is 0 Å². The van der Waals surface area contributed by atoms with Gasteiger partial charge in [-0.3, -0.25) is 0 Å². The second kappa shape index (κ2) is 3.08. The van der Waals surface area contributed by atoms with E-state index in [2.05, 4.69) is 30.3 Å². The molecule has 15 heavy (non-hydrogen) atoms. The van der Waals surface area contributed by atoms with Crippen molar-refractivity contribution in [2.24, 2.45) is 0 Å². The summed E-state index contributed by atoms with van der Waals surface area (Å²) < 4.78 is 0. The van der Waals surface area contributed by atoms with Crippen LogP contribution in [0, 0.1) is 11.3 Å². The summed E-state index contributed by atoms with van der Waals surface area (Å²) in [5, 5.41) is 9.48. The van der Waals surface area contributed by atoms with E-state index in [0.717, 1.165) is 32.5 Å². The minimum absolute atomic E-state index is 0.170. The predicted octanol–water partition coefficient (Wildman–Crippen LogP) is 0.640. The lowest BCUT2D eigenvalue weighted by atomic mass is 9.74. The summed E-state index contributed by atoms with van der Waals surface area (Å²) in [5.41, 5.74) is 2.53. The molecule has 3 aliphatic rings. The van der Waals surface area contributed by atoms with Crippen LogP contribution in [0.2, 0.25) is 0 Å². The molecule has 1 saturated heterocycles. The van der Waals surface area contributed by atoms with Gasteiger partial charge in [-0.2, -0.15) is 5.26 Å². The average Bonchev–Trinajstić information content (AvgIpc) is 2.56. The molecule has 0 atom stereocenters. The molecule has 3 aliphatic heterocycles. The van der Waals surface area contributed by atoms with Crippen molar-refractivity contribution < 1.29 is 4.90 Å². The lowest BCUT2D eigenvalue weighted by Crippen LogP contribution is -3.11. The third kappa shape index (κ3) is 1.20. The summed E-state index contributed by atoms with van der Waals surface area (Å²) in [6.07, 6.45) is 2.08. The van der Waals surface area contributed by atoms with Gasteiger partial charge >= 0.3 is 0 Å². The number of fused-ring (bicyclic) bond motifs is 2. The monoisotopic (exact) mass is 199 g/mol. The molecule has 2 heteroatoms. The number of nitriles is 1. The van der Waals surface area contributed by atoms with E-state index in [4.69, 9.17) is 0 Å². The van der Waals surface area contributed by atoms with Crippen molar-refractivity contribution in [2.45, 2.75) is 24.8 Å². The van der Waals surface area contributed by atoms with Gasteiger partial charge in [-0.05, 0) is 5.56 Å². The number of rotatable bonds is 0. The Morgan fingerprint density at radius 1 is 1.20 bits per heavy atom. The van der Waals surface area contributed by atoms with Gasteiger partial charge in [-0.15, -0.1) is 0 Å². The van der Waals surface area contributed by atoms with Gasteiger partial charge in [0.05, 0.1) is 24.6 Å². The standard InChI is InChI=1S/C13H14N2/c14-10-13-5-7-15(8-6-13)9-11-3-1-2-4-12(11)13/h1-4H,5-9H2/p+1.